The highest BCUT2D eigenvalue weighted by molar-refractivity contribution is 7.20. The Kier molecular flexibility index (Phi) is 2.56. The second-order valence-electron chi connectivity index (χ2n) is 3.70. The number of thiazole rings is 1. The third kappa shape index (κ3) is 1.85. The fourth-order valence-electron chi connectivity index (χ4n) is 1.90. The number of rotatable bonds is 2. The Morgan fingerprint density at radius 1 is 1.40 bits per heavy atom. The van der Waals surface area contributed by atoms with Gasteiger partial charge in [0.25, 0.3) is 0 Å². The Hall–Kier alpha value is -0.710. The first-order valence-corrected chi connectivity index (χ1v) is 6.92. The number of nitrogens with zero attached hydrogens (tertiary/aromatic N) is 1. The molecule has 0 aromatic carbocycles. The molecule has 0 amide bonds. The predicted octanol–water partition coefficient (Wildman–Crippen LogP) is 3.30. The van der Waals surface area contributed by atoms with Crippen LogP contribution in [0.25, 0.3) is 9.88 Å². The van der Waals surface area contributed by atoms with E-state index in [9.17, 15) is 0 Å². The summed E-state index contributed by atoms with van der Waals surface area (Å²) in [4.78, 5) is 5.98. The van der Waals surface area contributed by atoms with Crippen molar-refractivity contribution in [2.45, 2.75) is 18.9 Å². The van der Waals surface area contributed by atoms with E-state index >= 15 is 0 Å². The van der Waals surface area contributed by atoms with Crippen LogP contribution in [0.2, 0.25) is 0 Å². The Morgan fingerprint density at radius 3 is 3.13 bits per heavy atom. The van der Waals surface area contributed by atoms with Crippen LogP contribution in [0.4, 0.5) is 0 Å². The Balaban J connectivity index is 1.87. The maximum absolute atomic E-state index is 4.70. The van der Waals surface area contributed by atoms with Gasteiger partial charge in [-0.3, -0.25) is 0 Å². The van der Waals surface area contributed by atoms with E-state index in [-0.39, 0.29) is 0 Å². The minimum atomic E-state index is 0.495. The minimum absolute atomic E-state index is 0.495. The summed E-state index contributed by atoms with van der Waals surface area (Å²) in [6.45, 7) is 1.14. The van der Waals surface area contributed by atoms with Crippen molar-refractivity contribution in [2.75, 3.05) is 6.54 Å². The lowest BCUT2D eigenvalue weighted by molar-refractivity contribution is 0.632. The first-order valence-electron chi connectivity index (χ1n) is 5.16. The van der Waals surface area contributed by atoms with Gasteiger partial charge < -0.3 is 5.32 Å². The van der Waals surface area contributed by atoms with Gasteiger partial charge in [0.1, 0.15) is 5.01 Å². The van der Waals surface area contributed by atoms with Crippen molar-refractivity contribution in [3.8, 4) is 9.88 Å². The molecule has 0 bridgehead atoms. The van der Waals surface area contributed by atoms with E-state index in [1.165, 1.54) is 23.4 Å². The minimum Gasteiger partial charge on any atom is -0.309 e. The highest BCUT2D eigenvalue weighted by Crippen LogP contribution is 2.31. The smallest absolute Gasteiger partial charge is 0.133 e. The highest BCUT2D eigenvalue weighted by Gasteiger charge is 2.19. The van der Waals surface area contributed by atoms with Crippen LogP contribution in [0.15, 0.2) is 22.9 Å². The van der Waals surface area contributed by atoms with Gasteiger partial charge >= 0.3 is 0 Å². The average Bonchev–Trinajstić information content (AvgIpc) is 3.02. The summed E-state index contributed by atoms with van der Waals surface area (Å²) in [6, 6.07) is 4.71. The van der Waals surface area contributed by atoms with Gasteiger partial charge in [0.2, 0.25) is 0 Å². The van der Waals surface area contributed by atoms with Gasteiger partial charge in [0.05, 0.1) is 16.6 Å². The second kappa shape index (κ2) is 4.04. The summed E-state index contributed by atoms with van der Waals surface area (Å²) in [6.07, 6.45) is 2.50. The van der Waals surface area contributed by atoms with Crippen LogP contribution < -0.4 is 5.32 Å². The molecule has 3 heterocycles. The molecule has 0 unspecified atom stereocenters. The normalized spacial score (nSPS) is 20.9. The van der Waals surface area contributed by atoms with Gasteiger partial charge in [0, 0.05) is 5.38 Å². The van der Waals surface area contributed by atoms with Crippen LogP contribution in [-0.4, -0.2) is 11.5 Å². The van der Waals surface area contributed by atoms with Gasteiger partial charge in [-0.05, 0) is 30.8 Å². The first-order chi connectivity index (χ1) is 7.43. The molecule has 1 saturated heterocycles. The zero-order chi connectivity index (χ0) is 10.1. The average molecular weight is 236 g/mol. The second-order valence-corrected chi connectivity index (χ2v) is 5.51. The fraction of sp³-hybridized carbons (Fsp3) is 0.364. The maximum atomic E-state index is 4.70. The topological polar surface area (TPSA) is 24.9 Å². The summed E-state index contributed by atoms with van der Waals surface area (Å²) < 4.78 is 0. The van der Waals surface area contributed by atoms with E-state index in [1.807, 2.05) is 0 Å². The molecule has 0 saturated carbocycles. The molecule has 2 aromatic heterocycles. The molecule has 78 valence electrons. The van der Waals surface area contributed by atoms with Crippen molar-refractivity contribution in [1.82, 2.24) is 10.3 Å². The zero-order valence-corrected chi connectivity index (χ0v) is 9.90. The molecule has 0 radical (unpaired) electrons. The zero-order valence-electron chi connectivity index (χ0n) is 8.27. The molecule has 1 aliphatic heterocycles. The van der Waals surface area contributed by atoms with Crippen molar-refractivity contribution < 1.29 is 0 Å². The lowest BCUT2D eigenvalue weighted by Gasteiger charge is -2.04. The Labute approximate surface area is 97.0 Å². The molecule has 1 fully saturated rings. The SMILES string of the molecule is c1csc(-c2nc([C@@H]3CCCN3)cs2)c1. The molecule has 3 rings (SSSR count). The van der Waals surface area contributed by atoms with E-state index < -0.39 is 0 Å². The van der Waals surface area contributed by atoms with Crippen molar-refractivity contribution in [1.29, 1.82) is 0 Å². The third-order valence-electron chi connectivity index (χ3n) is 2.67. The molecule has 2 nitrogen and oxygen atoms in total. The molecule has 15 heavy (non-hydrogen) atoms. The van der Waals surface area contributed by atoms with Crippen LogP contribution in [-0.2, 0) is 0 Å². The Morgan fingerprint density at radius 2 is 2.40 bits per heavy atom. The van der Waals surface area contributed by atoms with Gasteiger partial charge in [-0.1, -0.05) is 6.07 Å². The molecular weight excluding hydrogens is 224 g/mol. The van der Waals surface area contributed by atoms with Crippen molar-refractivity contribution in [3.05, 3.63) is 28.6 Å². The van der Waals surface area contributed by atoms with Gasteiger partial charge in [-0.25, -0.2) is 4.98 Å². The summed E-state index contributed by atoms with van der Waals surface area (Å²) in [5, 5.41) is 8.93. The molecule has 1 N–H and O–H groups in total. The van der Waals surface area contributed by atoms with E-state index in [2.05, 4.69) is 28.2 Å². The van der Waals surface area contributed by atoms with Crippen molar-refractivity contribution in [2.24, 2.45) is 0 Å². The predicted molar refractivity (Wildman–Crippen MR) is 65.4 cm³/mol. The maximum Gasteiger partial charge on any atom is 0.133 e. The lowest BCUT2D eigenvalue weighted by Crippen LogP contribution is -2.12. The third-order valence-corrected chi connectivity index (χ3v) is 4.57. The molecular formula is C11H12N2S2. The standard InChI is InChI=1S/C11H12N2S2/c1-3-8(12-5-1)9-7-15-11(13-9)10-4-2-6-14-10/h2,4,6-8,12H,1,3,5H2/t8-/m0/s1. The van der Waals surface area contributed by atoms with Crippen molar-refractivity contribution in [3.63, 3.8) is 0 Å². The van der Waals surface area contributed by atoms with Gasteiger partial charge in [0.15, 0.2) is 0 Å². The van der Waals surface area contributed by atoms with E-state index in [0.717, 1.165) is 11.6 Å². The monoisotopic (exact) mass is 236 g/mol. The molecule has 2 aromatic rings. The summed E-state index contributed by atoms with van der Waals surface area (Å²) >= 11 is 3.51. The van der Waals surface area contributed by atoms with Crippen LogP contribution >= 0.6 is 22.7 Å². The Bertz CT molecular complexity index is 427. The largest absolute Gasteiger partial charge is 0.309 e. The van der Waals surface area contributed by atoms with Gasteiger partial charge in [-0.15, -0.1) is 22.7 Å². The molecule has 0 spiro atoms. The number of hydrogen-bond acceptors (Lipinski definition) is 4. The quantitative estimate of drug-likeness (QED) is 0.865. The summed E-state index contributed by atoms with van der Waals surface area (Å²) in [7, 11) is 0. The summed E-state index contributed by atoms with van der Waals surface area (Å²) in [5.74, 6) is 0. The van der Waals surface area contributed by atoms with E-state index in [0.29, 0.717) is 6.04 Å². The molecule has 1 atom stereocenters. The lowest BCUT2D eigenvalue weighted by atomic mass is 10.2. The number of hydrogen-bond donors (Lipinski definition) is 1. The van der Waals surface area contributed by atoms with Crippen LogP contribution in [0.3, 0.4) is 0 Å². The van der Waals surface area contributed by atoms with Gasteiger partial charge in [-0.2, -0.15) is 0 Å². The molecule has 1 aliphatic rings. The van der Waals surface area contributed by atoms with Crippen molar-refractivity contribution >= 4 is 22.7 Å². The molecule has 0 aliphatic carbocycles. The van der Waals surface area contributed by atoms with Crippen LogP contribution in [0.5, 0.6) is 0 Å². The number of thiophene rings is 1. The molecule has 4 heteroatoms. The van der Waals surface area contributed by atoms with E-state index in [1.54, 1.807) is 22.7 Å². The van der Waals surface area contributed by atoms with E-state index in [4.69, 9.17) is 4.98 Å². The number of nitrogens with one attached hydrogen (secondary N) is 1. The highest BCUT2D eigenvalue weighted by atomic mass is 32.1. The van der Waals surface area contributed by atoms with Crippen LogP contribution in [0.1, 0.15) is 24.6 Å². The fourth-order valence-corrected chi connectivity index (χ4v) is 3.58. The summed E-state index contributed by atoms with van der Waals surface area (Å²) in [5.41, 5.74) is 1.22. The first kappa shape index (κ1) is 9.51. The number of aromatic nitrogens is 1. The van der Waals surface area contributed by atoms with Crippen LogP contribution in [0, 0.1) is 0 Å².